The Morgan fingerprint density at radius 3 is 2.61 bits per heavy atom. The lowest BCUT2D eigenvalue weighted by atomic mass is 9.98. The van der Waals surface area contributed by atoms with Crippen molar-refractivity contribution in [3.63, 3.8) is 0 Å². The van der Waals surface area contributed by atoms with E-state index >= 15 is 0 Å². The number of rotatable bonds is 7. The molecule has 1 aliphatic rings. The maximum Gasteiger partial charge on any atom is 0.259 e. The first kappa shape index (κ1) is 22.6. The molecule has 7 heteroatoms. The Balaban J connectivity index is 1.63. The molecule has 0 radical (unpaired) electrons. The van der Waals surface area contributed by atoms with Gasteiger partial charge in [0.15, 0.2) is 0 Å². The highest BCUT2D eigenvalue weighted by Crippen LogP contribution is 2.32. The number of hydrogen-bond donors (Lipinski definition) is 0. The largest absolute Gasteiger partial charge is 0.491 e. The minimum absolute atomic E-state index is 0.173. The molecule has 1 unspecified atom stereocenters. The molecule has 0 aliphatic carbocycles. The number of hydrogen-bond acceptors (Lipinski definition) is 6. The fourth-order valence-corrected chi connectivity index (χ4v) is 3.96. The first-order valence-electron chi connectivity index (χ1n) is 10.9. The zero-order valence-corrected chi connectivity index (χ0v) is 19.1. The smallest absolute Gasteiger partial charge is 0.259 e. The fraction of sp³-hybridized carbons (Fsp3) is 0.308. The van der Waals surface area contributed by atoms with Crippen LogP contribution in [0.5, 0.6) is 17.5 Å². The standard InChI is InChI=1S/C26H28N2O5/c1-4-32-24(18-8-6-5-7-9-18)19-10-12-22-20(16-19)17-28(14-15-33-22)26(29)21-11-13-23(30-2)27-25(21)31-3/h5-13,16,24H,4,14-15,17H2,1-3H3. The molecule has 3 aromatic rings. The number of carbonyl (C=O) groups excluding carboxylic acids is 1. The number of ether oxygens (including phenoxy) is 4. The van der Waals surface area contributed by atoms with E-state index in [4.69, 9.17) is 18.9 Å². The zero-order chi connectivity index (χ0) is 23.2. The topological polar surface area (TPSA) is 70.1 Å². The second-order valence-electron chi connectivity index (χ2n) is 7.60. The summed E-state index contributed by atoms with van der Waals surface area (Å²) >= 11 is 0. The minimum atomic E-state index is -0.195. The highest BCUT2D eigenvalue weighted by Gasteiger charge is 2.26. The van der Waals surface area contributed by atoms with Gasteiger partial charge in [-0.25, -0.2) is 0 Å². The molecule has 0 saturated heterocycles. The Morgan fingerprint density at radius 2 is 1.88 bits per heavy atom. The third kappa shape index (κ3) is 4.93. The number of methoxy groups -OCH3 is 2. The number of carbonyl (C=O) groups is 1. The van der Waals surface area contributed by atoms with Gasteiger partial charge in [-0.3, -0.25) is 4.79 Å². The summed E-state index contributed by atoms with van der Waals surface area (Å²) < 4.78 is 22.5. The summed E-state index contributed by atoms with van der Waals surface area (Å²) in [7, 11) is 3.01. The van der Waals surface area contributed by atoms with Crippen LogP contribution in [0.3, 0.4) is 0 Å². The van der Waals surface area contributed by atoms with Crippen molar-refractivity contribution in [3.8, 4) is 17.5 Å². The Bertz CT molecular complexity index is 1100. The average Bonchev–Trinajstić information content (AvgIpc) is 3.09. The summed E-state index contributed by atoms with van der Waals surface area (Å²) in [5.74, 6) is 1.23. The van der Waals surface area contributed by atoms with Crippen LogP contribution in [-0.4, -0.2) is 49.8 Å². The quantitative estimate of drug-likeness (QED) is 0.538. The van der Waals surface area contributed by atoms with Crippen LogP contribution in [0.4, 0.5) is 0 Å². The Kier molecular flexibility index (Phi) is 7.10. The summed E-state index contributed by atoms with van der Waals surface area (Å²) in [6.45, 7) is 3.83. The van der Waals surface area contributed by atoms with Gasteiger partial charge in [0.05, 0.1) is 20.8 Å². The molecule has 1 atom stereocenters. The summed E-state index contributed by atoms with van der Waals surface area (Å²) in [5, 5.41) is 0. The van der Waals surface area contributed by atoms with Crippen LogP contribution >= 0.6 is 0 Å². The van der Waals surface area contributed by atoms with Crippen molar-refractivity contribution >= 4 is 5.91 Å². The van der Waals surface area contributed by atoms with Crippen molar-refractivity contribution in [1.29, 1.82) is 0 Å². The van der Waals surface area contributed by atoms with Crippen LogP contribution in [0, 0.1) is 0 Å². The molecular weight excluding hydrogens is 420 g/mol. The Morgan fingerprint density at radius 1 is 1.06 bits per heavy atom. The molecular formula is C26H28N2O5. The zero-order valence-electron chi connectivity index (χ0n) is 19.1. The second-order valence-corrected chi connectivity index (χ2v) is 7.60. The summed E-state index contributed by atoms with van der Waals surface area (Å²) in [6.07, 6.45) is -0.195. The van der Waals surface area contributed by atoms with E-state index in [9.17, 15) is 4.79 Å². The van der Waals surface area contributed by atoms with Gasteiger partial charge >= 0.3 is 0 Å². The Hall–Kier alpha value is -3.58. The molecule has 0 bridgehead atoms. The van der Waals surface area contributed by atoms with Crippen LogP contribution in [0.15, 0.2) is 60.7 Å². The molecule has 2 aromatic carbocycles. The van der Waals surface area contributed by atoms with Crippen molar-refractivity contribution in [3.05, 3.63) is 82.9 Å². The highest BCUT2D eigenvalue weighted by molar-refractivity contribution is 5.96. The maximum absolute atomic E-state index is 13.4. The Labute approximate surface area is 193 Å². The number of amides is 1. The SMILES string of the molecule is CCOC(c1ccccc1)c1ccc2c(c1)CN(C(=O)c1ccc(OC)nc1OC)CCO2. The molecule has 1 aliphatic heterocycles. The second kappa shape index (κ2) is 10.4. The number of benzene rings is 2. The molecule has 7 nitrogen and oxygen atoms in total. The lowest BCUT2D eigenvalue weighted by molar-refractivity contribution is 0.0728. The normalized spacial score (nSPS) is 14.0. The van der Waals surface area contributed by atoms with E-state index in [-0.39, 0.29) is 17.9 Å². The van der Waals surface area contributed by atoms with Crippen molar-refractivity contribution in [1.82, 2.24) is 9.88 Å². The predicted octanol–water partition coefficient (Wildman–Crippen LogP) is 4.26. The molecule has 4 rings (SSSR count). The van der Waals surface area contributed by atoms with Gasteiger partial charge in [0.1, 0.15) is 24.0 Å². The van der Waals surface area contributed by atoms with E-state index in [1.54, 1.807) is 17.0 Å². The van der Waals surface area contributed by atoms with Gasteiger partial charge in [-0.2, -0.15) is 4.98 Å². The summed E-state index contributed by atoms with van der Waals surface area (Å²) in [6, 6.07) is 19.5. The van der Waals surface area contributed by atoms with E-state index in [1.165, 1.54) is 14.2 Å². The lowest BCUT2D eigenvalue weighted by Gasteiger charge is -2.22. The van der Waals surface area contributed by atoms with Crippen molar-refractivity contribution in [2.24, 2.45) is 0 Å². The average molecular weight is 449 g/mol. The van der Waals surface area contributed by atoms with E-state index in [0.717, 1.165) is 22.4 Å². The fourth-order valence-electron chi connectivity index (χ4n) is 3.96. The van der Waals surface area contributed by atoms with E-state index in [0.29, 0.717) is 37.7 Å². The van der Waals surface area contributed by atoms with Gasteiger partial charge in [-0.1, -0.05) is 36.4 Å². The van der Waals surface area contributed by atoms with E-state index in [2.05, 4.69) is 23.2 Å². The molecule has 0 N–H and O–H groups in total. The molecule has 2 heterocycles. The molecule has 0 saturated carbocycles. The van der Waals surface area contributed by atoms with Crippen molar-refractivity contribution in [2.75, 3.05) is 34.0 Å². The van der Waals surface area contributed by atoms with Gasteiger partial charge in [-0.15, -0.1) is 0 Å². The van der Waals surface area contributed by atoms with Crippen LogP contribution in [0.1, 0.15) is 40.1 Å². The molecule has 1 amide bonds. The van der Waals surface area contributed by atoms with Crippen LogP contribution in [0.25, 0.3) is 0 Å². The molecule has 172 valence electrons. The van der Waals surface area contributed by atoms with Gasteiger partial charge in [0.2, 0.25) is 11.8 Å². The molecule has 1 aromatic heterocycles. The predicted molar refractivity (Wildman–Crippen MR) is 124 cm³/mol. The van der Waals surface area contributed by atoms with Gasteiger partial charge in [0, 0.05) is 24.8 Å². The monoisotopic (exact) mass is 448 g/mol. The van der Waals surface area contributed by atoms with E-state index < -0.39 is 0 Å². The molecule has 0 fully saturated rings. The third-order valence-corrected chi connectivity index (χ3v) is 5.56. The summed E-state index contributed by atoms with van der Waals surface area (Å²) in [5.41, 5.74) is 3.41. The van der Waals surface area contributed by atoms with Crippen LogP contribution in [0.2, 0.25) is 0 Å². The van der Waals surface area contributed by atoms with Crippen LogP contribution in [-0.2, 0) is 11.3 Å². The van der Waals surface area contributed by atoms with Crippen molar-refractivity contribution < 1.29 is 23.7 Å². The highest BCUT2D eigenvalue weighted by atomic mass is 16.5. The lowest BCUT2D eigenvalue weighted by Crippen LogP contribution is -2.32. The van der Waals surface area contributed by atoms with E-state index in [1.807, 2.05) is 37.3 Å². The first-order chi connectivity index (χ1) is 16.1. The number of aromatic nitrogens is 1. The maximum atomic E-state index is 13.4. The van der Waals surface area contributed by atoms with Gasteiger partial charge < -0.3 is 23.8 Å². The van der Waals surface area contributed by atoms with Gasteiger partial charge in [0.25, 0.3) is 5.91 Å². The first-order valence-corrected chi connectivity index (χ1v) is 10.9. The number of fused-ring (bicyclic) bond motifs is 1. The minimum Gasteiger partial charge on any atom is -0.491 e. The third-order valence-electron chi connectivity index (χ3n) is 5.56. The molecule has 0 spiro atoms. The van der Waals surface area contributed by atoms with Crippen LogP contribution < -0.4 is 14.2 Å². The summed E-state index contributed by atoms with van der Waals surface area (Å²) in [4.78, 5) is 19.4. The molecule has 33 heavy (non-hydrogen) atoms. The van der Waals surface area contributed by atoms with Crippen molar-refractivity contribution in [2.45, 2.75) is 19.6 Å². The number of pyridine rings is 1. The van der Waals surface area contributed by atoms with Gasteiger partial charge in [-0.05, 0) is 36.2 Å². The number of nitrogens with zero attached hydrogens (tertiary/aromatic N) is 2.